The number of benzene rings is 1. The largest absolute Gasteiger partial charge is 0.341 e. The molecule has 1 aromatic carbocycles. The Morgan fingerprint density at radius 3 is 2.58 bits per heavy atom. The van der Waals surface area contributed by atoms with E-state index in [9.17, 15) is 9.18 Å². The first-order valence-electron chi connectivity index (χ1n) is 6.09. The molecule has 0 atom stereocenters. The summed E-state index contributed by atoms with van der Waals surface area (Å²) in [5.74, 6) is -0.732. The average Bonchev–Trinajstić information content (AvgIpc) is 2.32. The number of carbonyl (C=O) groups excluding carboxylic acids is 1. The summed E-state index contributed by atoms with van der Waals surface area (Å²) in [6, 6.07) is 2.65. The molecule has 0 aliphatic carbocycles. The molecule has 0 aromatic heterocycles. The number of nitrogens with zero attached hydrogens (tertiary/aromatic N) is 1. The van der Waals surface area contributed by atoms with Crippen LogP contribution in [0.4, 0.5) is 4.39 Å². The molecule has 1 rings (SSSR count). The molecule has 1 amide bonds. The normalized spacial score (nSPS) is 11.5. The van der Waals surface area contributed by atoms with Crippen LogP contribution in [-0.2, 0) is 0 Å². The van der Waals surface area contributed by atoms with Crippen LogP contribution in [0.3, 0.4) is 0 Å². The van der Waals surface area contributed by atoms with Gasteiger partial charge in [0.2, 0.25) is 0 Å². The molecule has 1 aromatic rings. The van der Waals surface area contributed by atoms with Crippen LogP contribution in [0.1, 0.15) is 29.8 Å². The van der Waals surface area contributed by atoms with Crippen molar-refractivity contribution in [1.29, 1.82) is 0 Å². The summed E-state index contributed by atoms with van der Waals surface area (Å²) >= 11 is 6.01. The summed E-state index contributed by atoms with van der Waals surface area (Å²) in [5, 5.41) is 0.265. The summed E-state index contributed by atoms with van der Waals surface area (Å²) in [6.07, 6.45) is 0. The van der Waals surface area contributed by atoms with Crippen molar-refractivity contribution >= 4 is 17.5 Å². The molecule has 19 heavy (non-hydrogen) atoms. The van der Waals surface area contributed by atoms with Crippen LogP contribution in [0.2, 0.25) is 5.02 Å². The van der Waals surface area contributed by atoms with Crippen LogP contribution in [0.25, 0.3) is 0 Å². The lowest BCUT2D eigenvalue weighted by Crippen LogP contribution is -2.39. The van der Waals surface area contributed by atoms with Crippen molar-refractivity contribution in [2.24, 2.45) is 11.1 Å². The lowest BCUT2D eigenvalue weighted by molar-refractivity contribution is 0.0740. The molecule has 0 aliphatic heterocycles. The smallest absolute Gasteiger partial charge is 0.255 e. The zero-order valence-corrected chi connectivity index (χ0v) is 12.5. The van der Waals surface area contributed by atoms with Crippen molar-refractivity contribution in [3.05, 3.63) is 34.1 Å². The Morgan fingerprint density at radius 1 is 1.47 bits per heavy atom. The highest BCUT2D eigenvalue weighted by molar-refractivity contribution is 6.33. The van der Waals surface area contributed by atoms with Gasteiger partial charge in [-0.05, 0) is 36.6 Å². The summed E-state index contributed by atoms with van der Waals surface area (Å²) in [7, 11) is 1.66. The Bertz CT molecular complexity index is 489. The zero-order valence-electron chi connectivity index (χ0n) is 11.8. The lowest BCUT2D eigenvalue weighted by Gasteiger charge is -2.29. The maximum Gasteiger partial charge on any atom is 0.255 e. The topological polar surface area (TPSA) is 46.3 Å². The standard InChI is InChI=1S/C14H20ClFN2O/c1-9-5-11(15)10(6-12(9)16)13(19)18(4)8-14(2,3)7-17/h5-6H,7-8,17H2,1-4H3. The predicted molar refractivity (Wildman–Crippen MR) is 75.9 cm³/mol. The third-order valence-electron chi connectivity index (χ3n) is 3.04. The van der Waals surface area contributed by atoms with E-state index in [2.05, 4.69) is 0 Å². The Kier molecular flexibility index (Phi) is 4.93. The minimum Gasteiger partial charge on any atom is -0.341 e. The van der Waals surface area contributed by atoms with Gasteiger partial charge in [-0.15, -0.1) is 0 Å². The van der Waals surface area contributed by atoms with Gasteiger partial charge >= 0.3 is 0 Å². The number of carbonyl (C=O) groups is 1. The molecule has 0 fully saturated rings. The van der Waals surface area contributed by atoms with Crippen LogP contribution >= 0.6 is 11.6 Å². The third-order valence-corrected chi connectivity index (χ3v) is 3.36. The number of rotatable bonds is 4. The fourth-order valence-electron chi connectivity index (χ4n) is 1.79. The highest BCUT2D eigenvalue weighted by Gasteiger charge is 2.23. The van der Waals surface area contributed by atoms with E-state index in [0.29, 0.717) is 18.7 Å². The van der Waals surface area contributed by atoms with Crippen molar-refractivity contribution in [3.63, 3.8) is 0 Å². The molecule has 0 bridgehead atoms. The van der Waals surface area contributed by atoms with Crippen molar-refractivity contribution < 1.29 is 9.18 Å². The molecule has 0 radical (unpaired) electrons. The number of halogens is 2. The molecule has 0 unspecified atom stereocenters. The first-order valence-corrected chi connectivity index (χ1v) is 6.47. The molecule has 0 saturated carbocycles. The second-order valence-corrected chi connectivity index (χ2v) is 6.02. The fourth-order valence-corrected chi connectivity index (χ4v) is 2.09. The van der Waals surface area contributed by atoms with Gasteiger partial charge in [-0.3, -0.25) is 4.79 Å². The summed E-state index contributed by atoms with van der Waals surface area (Å²) in [5.41, 5.74) is 6.05. The van der Waals surface area contributed by atoms with E-state index in [0.717, 1.165) is 0 Å². The number of hydrogen-bond acceptors (Lipinski definition) is 2. The van der Waals surface area contributed by atoms with E-state index in [-0.39, 0.29) is 21.9 Å². The van der Waals surface area contributed by atoms with E-state index >= 15 is 0 Å². The third kappa shape index (κ3) is 3.91. The second kappa shape index (κ2) is 5.88. The van der Waals surface area contributed by atoms with Gasteiger partial charge in [0.05, 0.1) is 10.6 Å². The SMILES string of the molecule is Cc1cc(Cl)c(C(=O)N(C)CC(C)(C)CN)cc1F. The number of aryl methyl sites for hydroxylation is 1. The molecule has 0 aliphatic rings. The van der Waals surface area contributed by atoms with Crippen LogP contribution in [-0.4, -0.2) is 30.9 Å². The summed E-state index contributed by atoms with van der Waals surface area (Å²) in [4.78, 5) is 13.8. The zero-order chi connectivity index (χ0) is 14.8. The van der Waals surface area contributed by atoms with Crippen LogP contribution in [0.5, 0.6) is 0 Å². The number of nitrogens with two attached hydrogens (primary N) is 1. The Hall–Kier alpha value is -1.13. The molecule has 2 N–H and O–H groups in total. The summed E-state index contributed by atoms with van der Waals surface area (Å²) < 4.78 is 13.5. The van der Waals surface area contributed by atoms with Crippen molar-refractivity contribution in [3.8, 4) is 0 Å². The minimum atomic E-state index is -0.431. The summed E-state index contributed by atoms with van der Waals surface area (Å²) in [6.45, 7) is 6.48. The quantitative estimate of drug-likeness (QED) is 0.925. The van der Waals surface area contributed by atoms with Gasteiger partial charge in [0, 0.05) is 13.6 Å². The fraction of sp³-hybridized carbons (Fsp3) is 0.500. The van der Waals surface area contributed by atoms with E-state index in [4.69, 9.17) is 17.3 Å². The van der Waals surface area contributed by atoms with Crippen LogP contribution in [0.15, 0.2) is 12.1 Å². The van der Waals surface area contributed by atoms with Gasteiger partial charge in [0.1, 0.15) is 5.82 Å². The van der Waals surface area contributed by atoms with Gasteiger partial charge in [-0.2, -0.15) is 0 Å². The second-order valence-electron chi connectivity index (χ2n) is 5.61. The van der Waals surface area contributed by atoms with Gasteiger partial charge < -0.3 is 10.6 Å². The van der Waals surface area contributed by atoms with Crippen molar-refractivity contribution in [2.45, 2.75) is 20.8 Å². The molecule has 106 valence electrons. The minimum absolute atomic E-state index is 0.181. The molecular weight excluding hydrogens is 267 g/mol. The van der Waals surface area contributed by atoms with Gasteiger partial charge in [0.25, 0.3) is 5.91 Å². The van der Waals surface area contributed by atoms with Gasteiger partial charge in [0.15, 0.2) is 0 Å². The average molecular weight is 287 g/mol. The van der Waals surface area contributed by atoms with E-state index in [1.165, 1.54) is 17.0 Å². The van der Waals surface area contributed by atoms with E-state index in [1.54, 1.807) is 14.0 Å². The van der Waals surface area contributed by atoms with Crippen LogP contribution in [0, 0.1) is 18.2 Å². The van der Waals surface area contributed by atoms with Gasteiger partial charge in [-0.1, -0.05) is 25.4 Å². The number of amides is 1. The number of hydrogen-bond donors (Lipinski definition) is 1. The maximum absolute atomic E-state index is 13.5. The Labute approximate surface area is 118 Å². The van der Waals surface area contributed by atoms with Crippen molar-refractivity contribution in [1.82, 2.24) is 4.90 Å². The highest BCUT2D eigenvalue weighted by atomic mass is 35.5. The highest BCUT2D eigenvalue weighted by Crippen LogP contribution is 2.23. The van der Waals surface area contributed by atoms with Crippen LogP contribution < -0.4 is 5.73 Å². The maximum atomic E-state index is 13.5. The molecule has 0 heterocycles. The molecule has 3 nitrogen and oxygen atoms in total. The van der Waals surface area contributed by atoms with Gasteiger partial charge in [-0.25, -0.2) is 4.39 Å². The molecule has 5 heteroatoms. The molecular formula is C14H20ClFN2O. The first kappa shape index (κ1) is 15.9. The van der Waals surface area contributed by atoms with Crippen molar-refractivity contribution in [2.75, 3.05) is 20.1 Å². The monoisotopic (exact) mass is 286 g/mol. The lowest BCUT2D eigenvalue weighted by atomic mass is 9.93. The molecule has 0 saturated heterocycles. The Morgan fingerprint density at radius 2 is 2.05 bits per heavy atom. The Balaban J connectivity index is 2.98. The first-order chi connectivity index (χ1) is 8.68. The van der Waals surface area contributed by atoms with E-state index in [1.807, 2.05) is 13.8 Å². The van der Waals surface area contributed by atoms with E-state index < -0.39 is 5.82 Å². The molecule has 0 spiro atoms. The predicted octanol–water partition coefficient (Wildman–Crippen LogP) is 2.84.